The van der Waals surface area contributed by atoms with Gasteiger partial charge in [-0.1, -0.05) is 32.0 Å². The van der Waals surface area contributed by atoms with E-state index in [1.807, 2.05) is 51.1 Å². The molecule has 0 aliphatic carbocycles. The summed E-state index contributed by atoms with van der Waals surface area (Å²) in [4.78, 5) is 25.1. The zero-order chi connectivity index (χ0) is 15.8. The highest BCUT2D eigenvalue weighted by molar-refractivity contribution is 5.95. The second-order valence-electron chi connectivity index (χ2n) is 5.37. The molecule has 2 N–H and O–H groups in total. The Bertz CT molecular complexity index is 460. The predicted molar refractivity (Wildman–Crippen MR) is 83.4 cm³/mol. The lowest BCUT2D eigenvalue weighted by Crippen LogP contribution is -2.45. The maximum Gasteiger partial charge on any atom is 0.320 e. The number of para-hydroxylation sites is 1. The molecule has 0 bridgehead atoms. The van der Waals surface area contributed by atoms with E-state index in [1.54, 1.807) is 4.90 Å². The number of aliphatic carboxylic acids is 1. The number of carbonyl (C=O) groups excluding carboxylic acids is 1. The van der Waals surface area contributed by atoms with Crippen molar-refractivity contribution in [1.82, 2.24) is 5.32 Å². The maximum atomic E-state index is 12.3. The number of carbonyl (C=O) groups is 2. The highest BCUT2D eigenvalue weighted by atomic mass is 16.4. The van der Waals surface area contributed by atoms with E-state index in [9.17, 15) is 9.59 Å². The van der Waals surface area contributed by atoms with E-state index in [0.29, 0.717) is 13.0 Å². The van der Waals surface area contributed by atoms with Crippen molar-refractivity contribution in [3.8, 4) is 0 Å². The van der Waals surface area contributed by atoms with E-state index in [0.717, 1.165) is 5.69 Å². The number of anilines is 1. The van der Waals surface area contributed by atoms with Crippen molar-refractivity contribution in [2.75, 3.05) is 18.0 Å². The third-order valence-electron chi connectivity index (χ3n) is 3.19. The minimum absolute atomic E-state index is 0.0203. The van der Waals surface area contributed by atoms with Crippen molar-refractivity contribution >= 4 is 17.6 Å². The average molecular weight is 292 g/mol. The molecule has 0 saturated heterocycles. The largest absolute Gasteiger partial charge is 0.480 e. The summed E-state index contributed by atoms with van der Waals surface area (Å²) in [5, 5.41) is 12.0. The van der Waals surface area contributed by atoms with Crippen LogP contribution in [0, 0.1) is 5.92 Å². The van der Waals surface area contributed by atoms with Gasteiger partial charge >= 0.3 is 5.97 Å². The Morgan fingerprint density at radius 1 is 1.24 bits per heavy atom. The van der Waals surface area contributed by atoms with Crippen LogP contribution in [-0.4, -0.2) is 36.1 Å². The summed E-state index contributed by atoms with van der Waals surface area (Å²) in [5.41, 5.74) is 0.822. The Balaban J connectivity index is 2.64. The molecule has 0 aliphatic rings. The molecule has 0 radical (unpaired) electrons. The first-order valence-electron chi connectivity index (χ1n) is 7.27. The number of carboxylic acid groups (broad SMARTS) is 1. The second-order valence-corrected chi connectivity index (χ2v) is 5.37. The lowest BCUT2D eigenvalue weighted by Gasteiger charge is -2.23. The standard InChI is InChI=1S/C16H24N2O3/c1-4-18(13-8-6-5-7-9-13)15(19)11-17-14(16(20)21)10-12(2)3/h5-9,12,14,17H,4,10-11H2,1-3H3,(H,20,21). The van der Waals surface area contributed by atoms with Gasteiger partial charge in [-0.2, -0.15) is 0 Å². The first-order chi connectivity index (χ1) is 9.95. The fourth-order valence-electron chi connectivity index (χ4n) is 2.16. The molecule has 116 valence electrons. The van der Waals surface area contributed by atoms with Crippen LogP contribution in [0.3, 0.4) is 0 Å². The summed E-state index contributed by atoms with van der Waals surface area (Å²) in [5.74, 6) is -0.789. The normalized spacial score (nSPS) is 12.2. The summed E-state index contributed by atoms with van der Waals surface area (Å²) in [6.45, 7) is 6.38. The molecule has 1 rings (SSSR count). The van der Waals surface area contributed by atoms with Crippen LogP contribution < -0.4 is 10.2 Å². The van der Waals surface area contributed by atoms with E-state index in [4.69, 9.17) is 5.11 Å². The molecule has 5 nitrogen and oxygen atoms in total. The zero-order valence-electron chi connectivity index (χ0n) is 12.9. The first-order valence-corrected chi connectivity index (χ1v) is 7.27. The van der Waals surface area contributed by atoms with Gasteiger partial charge in [-0.25, -0.2) is 0 Å². The highest BCUT2D eigenvalue weighted by Crippen LogP contribution is 2.13. The Morgan fingerprint density at radius 2 is 1.86 bits per heavy atom. The molecule has 0 aromatic heterocycles. The van der Waals surface area contributed by atoms with Gasteiger partial charge in [-0.3, -0.25) is 14.9 Å². The Hall–Kier alpha value is -1.88. The Kier molecular flexibility index (Phi) is 6.88. The lowest BCUT2D eigenvalue weighted by molar-refractivity contribution is -0.140. The monoisotopic (exact) mass is 292 g/mol. The fourth-order valence-corrected chi connectivity index (χ4v) is 2.16. The van der Waals surface area contributed by atoms with Crippen molar-refractivity contribution in [3.63, 3.8) is 0 Å². The van der Waals surface area contributed by atoms with Gasteiger partial charge in [0.25, 0.3) is 0 Å². The topological polar surface area (TPSA) is 69.6 Å². The van der Waals surface area contributed by atoms with Crippen molar-refractivity contribution < 1.29 is 14.7 Å². The summed E-state index contributed by atoms with van der Waals surface area (Å²) >= 11 is 0. The average Bonchev–Trinajstić information content (AvgIpc) is 2.44. The summed E-state index contributed by atoms with van der Waals surface area (Å²) in [6, 6.07) is 8.68. The molecule has 21 heavy (non-hydrogen) atoms. The predicted octanol–water partition coefficient (Wildman–Crippen LogP) is 2.13. The van der Waals surface area contributed by atoms with Gasteiger partial charge in [0.1, 0.15) is 6.04 Å². The molecule has 0 aliphatic heterocycles. The number of benzene rings is 1. The maximum absolute atomic E-state index is 12.3. The van der Waals surface area contributed by atoms with Crippen molar-refractivity contribution in [2.24, 2.45) is 5.92 Å². The molecule has 1 unspecified atom stereocenters. The first kappa shape index (κ1) is 17.2. The fraction of sp³-hybridized carbons (Fsp3) is 0.500. The molecule has 1 aromatic carbocycles. The number of rotatable bonds is 8. The molecule has 1 atom stereocenters. The molecule has 1 aromatic rings. The minimum atomic E-state index is -0.917. The molecule has 0 spiro atoms. The summed E-state index contributed by atoms with van der Waals surface area (Å²) < 4.78 is 0. The number of nitrogens with zero attached hydrogens (tertiary/aromatic N) is 1. The zero-order valence-corrected chi connectivity index (χ0v) is 12.9. The van der Waals surface area contributed by atoms with Gasteiger partial charge in [0, 0.05) is 12.2 Å². The summed E-state index contributed by atoms with van der Waals surface area (Å²) in [6.07, 6.45) is 0.500. The molecular formula is C16H24N2O3. The highest BCUT2D eigenvalue weighted by Gasteiger charge is 2.21. The molecule has 0 saturated carbocycles. The smallest absolute Gasteiger partial charge is 0.320 e. The van der Waals surface area contributed by atoms with Crippen LogP contribution in [0.5, 0.6) is 0 Å². The molecular weight excluding hydrogens is 268 g/mol. The van der Waals surface area contributed by atoms with Crippen molar-refractivity contribution in [1.29, 1.82) is 0 Å². The number of nitrogens with one attached hydrogen (secondary N) is 1. The van der Waals surface area contributed by atoms with Gasteiger partial charge in [0.2, 0.25) is 5.91 Å². The van der Waals surface area contributed by atoms with Gasteiger partial charge in [0.05, 0.1) is 6.54 Å². The van der Waals surface area contributed by atoms with Gasteiger partial charge in [-0.15, -0.1) is 0 Å². The summed E-state index contributed by atoms with van der Waals surface area (Å²) in [7, 11) is 0. The minimum Gasteiger partial charge on any atom is -0.480 e. The number of hydrogen-bond acceptors (Lipinski definition) is 3. The Labute approximate surface area is 126 Å². The lowest BCUT2D eigenvalue weighted by atomic mass is 10.0. The number of amides is 1. The van der Waals surface area contributed by atoms with Crippen LogP contribution >= 0.6 is 0 Å². The number of likely N-dealkylation sites (N-methyl/N-ethyl adjacent to an activating group) is 1. The van der Waals surface area contributed by atoms with E-state index in [1.165, 1.54) is 0 Å². The van der Waals surface area contributed by atoms with Gasteiger partial charge in [0.15, 0.2) is 0 Å². The third-order valence-corrected chi connectivity index (χ3v) is 3.19. The number of hydrogen-bond donors (Lipinski definition) is 2. The number of carboxylic acids is 1. The van der Waals surface area contributed by atoms with Crippen LogP contribution in [-0.2, 0) is 9.59 Å². The SMILES string of the molecule is CCN(C(=O)CNC(CC(C)C)C(=O)O)c1ccccc1. The van der Waals surface area contributed by atoms with Crippen LogP contribution in [0.4, 0.5) is 5.69 Å². The van der Waals surface area contributed by atoms with Crippen LogP contribution in [0.1, 0.15) is 27.2 Å². The van der Waals surface area contributed by atoms with Crippen LogP contribution in [0.15, 0.2) is 30.3 Å². The van der Waals surface area contributed by atoms with Crippen molar-refractivity contribution in [2.45, 2.75) is 33.2 Å². The molecule has 5 heteroatoms. The van der Waals surface area contributed by atoms with E-state index >= 15 is 0 Å². The Morgan fingerprint density at radius 3 is 2.33 bits per heavy atom. The van der Waals surface area contributed by atoms with Gasteiger partial charge < -0.3 is 10.0 Å². The van der Waals surface area contributed by atoms with Crippen molar-refractivity contribution in [3.05, 3.63) is 30.3 Å². The molecule has 0 heterocycles. The van der Waals surface area contributed by atoms with E-state index < -0.39 is 12.0 Å². The van der Waals surface area contributed by atoms with E-state index in [2.05, 4.69) is 5.32 Å². The molecule has 0 fully saturated rings. The second kappa shape index (κ2) is 8.42. The quantitative estimate of drug-likeness (QED) is 0.770. The third kappa shape index (κ3) is 5.55. The van der Waals surface area contributed by atoms with E-state index in [-0.39, 0.29) is 18.4 Å². The van der Waals surface area contributed by atoms with Gasteiger partial charge in [-0.05, 0) is 31.4 Å². The molecule has 1 amide bonds. The van der Waals surface area contributed by atoms with Crippen LogP contribution in [0.2, 0.25) is 0 Å². The van der Waals surface area contributed by atoms with Crippen LogP contribution in [0.25, 0.3) is 0 Å².